The lowest BCUT2D eigenvalue weighted by molar-refractivity contribution is 0.0953. The van der Waals surface area contributed by atoms with E-state index in [0.717, 1.165) is 25.9 Å². The number of nitrogen functional groups attached to an aromatic ring is 1. The minimum Gasteiger partial charge on any atom is -0.493 e. The zero-order chi connectivity index (χ0) is 15.7. The second kappa shape index (κ2) is 9.07. The van der Waals surface area contributed by atoms with Crippen LogP contribution in [-0.4, -0.2) is 40.4 Å². The van der Waals surface area contributed by atoms with Crippen molar-refractivity contribution in [3.05, 3.63) is 17.7 Å². The lowest BCUT2D eigenvalue weighted by atomic mass is 10.1. The average molecular weight is 296 g/mol. The van der Waals surface area contributed by atoms with Gasteiger partial charge >= 0.3 is 0 Å². The number of carbonyl (C=O) groups is 1. The van der Waals surface area contributed by atoms with E-state index in [4.69, 9.17) is 19.9 Å². The molecule has 21 heavy (non-hydrogen) atoms. The van der Waals surface area contributed by atoms with Gasteiger partial charge in [-0.05, 0) is 25.3 Å². The fourth-order valence-electron chi connectivity index (χ4n) is 1.94. The number of amides is 1. The zero-order valence-electron chi connectivity index (χ0n) is 12.9. The van der Waals surface area contributed by atoms with Gasteiger partial charge in [-0.3, -0.25) is 4.79 Å². The molecule has 1 rings (SSSR count). The molecule has 0 saturated carbocycles. The second-order valence-corrected chi connectivity index (χ2v) is 4.60. The first kappa shape index (κ1) is 17.1. The molecule has 0 spiro atoms. The monoisotopic (exact) mass is 296 g/mol. The van der Waals surface area contributed by atoms with Gasteiger partial charge in [-0.1, -0.05) is 0 Å². The number of hydrogen-bond donors (Lipinski definition) is 2. The normalized spacial score (nSPS) is 10.2. The van der Waals surface area contributed by atoms with Crippen molar-refractivity contribution >= 4 is 11.6 Å². The van der Waals surface area contributed by atoms with Crippen molar-refractivity contribution in [1.29, 1.82) is 0 Å². The van der Waals surface area contributed by atoms with E-state index in [2.05, 4.69) is 5.32 Å². The number of rotatable bonds is 9. The lowest BCUT2D eigenvalue weighted by Gasteiger charge is -2.12. The fraction of sp³-hybridized carbons (Fsp3) is 0.533. The van der Waals surface area contributed by atoms with Crippen LogP contribution in [0.2, 0.25) is 0 Å². The lowest BCUT2D eigenvalue weighted by Crippen LogP contribution is -2.25. The van der Waals surface area contributed by atoms with Gasteiger partial charge in [0.05, 0.1) is 19.8 Å². The predicted octanol–water partition coefficient (Wildman–Crippen LogP) is 1.83. The van der Waals surface area contributed by atoms with E-state index >= 15 is 0 Å². The molecule has 0 bridgehead atoms. The average Bonchev–Trinajstić information content (AvgIpc) is 2.50. The Morgan fingerprint density at radius 3 is 2.38 bits per heavy atom. The van der Waals surface area contributed by atoms with Gasteiger partial charge in [0.25, 0.3) is 5.91 Å². The summed E-state index contributed by atoms with van der Waals surface area (Å²) in [6.45, 7) is 1.35. The third-order valence-electron chi connectivity index (χ3n) is 3.11. The number of nitrogens with two attached hydrogens (primary N) is 1. The molecule has 6 nitrogen and oxygen atoms in total. The van der Waals surface area contributed by atoms with Crippen LogP contribution < -0.4 is 20.5 Å². The standard InChI is InChI=1S/C15H24N2O4/c1-19-8-6-4-5-7-17-15(18)11-9-13(20-2)14(21-3)10-12(11)16/h9-10H,4-8,16H2,1-3H3,(H,17,18). The van der Waals surface area contributed by atoms with Crippen LogP contribution in [0, 0.1) is 0 Å². The summed E-state index contributed by atoms with van der Waals surface area (Å²) < 4.78 is 15.3. The van der Waals surface area contributed by atoms with Gasteiger partial charge in [-0.15, -0.1) is 0 Å². The van der Waals surface area contributed by atoms with E-state index < -0.39 is 0 Å². The molecule has 0 radical (unpaired) electrons. The van der Waals surface area contributed by atoms with Gasteiger partial charge in [0, 0.05) is 32.0 Å². The maximum atomic E-state index is 12.1. The highest BCUT2D eigenvalue weighted by Crippen LogP contribution is 2.31. The van der Waals surface area contributed by atoms with Crippen LogP contribution in [0.25, 0.3) is 0 Å². The molecule has 6 heteroatoms. The van der Waals surface area contributed by atoms with Crippen molar-refractivity contribution in [1.82, 2.24) is 5.32 Å². The Balaban J connectivity index is 2.57. The Hall–Kier alpha value is -1.95. The molecule has 0 aliphatic heterocycles. The number of carbonyl (C=O) groups excluding carboxylic acids is 1. The summed E-state index contributed by atoms with van der Waals surface area (Å²) >= 11 is 0. The van der Waals surface area contributed by atoms with E-state index in [9.17, 15) is 4.79 Å². The minimum atomic E-state index is -0.208. The molecule has 0 unspecified atom stereocenters. The molecule has 0 aliphatic carbocycles. The van der Waals surface area contributed by atoms with E-state index in [-0.39, 0.29) is 5.91 Å². The molecule has 3 N–H and O–H groups in total. The van der Waals surface area contributed by atoms with Crippen molar-refractivity contribution in [2.24, 2.45) is 0 Å². The Bertz CT molecular complexity index is 463. The van der Waals surface area contributed by atoms with Crippen LogP contribution in [0.4, 0.5) is 5.69 Å². The zero-order valence-corrected chi connectivity index (χ0v) is 12.9. The van der Waals surface area contributed by atoms with Crippen LogP contribution in [-0.2, 0) is 4.74 Å². The molecular weight excluding hydrogens is 272 g/mol. The second-order valence-electron chi connectivity index (χ2n) is 4.60. The van der Waals surface area contributed by atoms with Crippen LogP contribution >= 0.6 is 0 Å². The third kappa shape index (κ3) is 5.15. The summed E-state index contributed by atoms with van der Waals surface area (Å²) in [5.74, 6) is 0.781. The molecular formula is C15H24N2O4. The molecule has 0 saturated heterocycles. The molecule has 0 fully saturated rings. The number of unbranched alkanes of at least 4 members (excludes halogenated alkanes) is 2. The predicted molar refractivity (Wildman–Crippen MR) is 82.0 cm³/mol. The van der Waals surface area contributed by atoms with Crippen molar-refractivity contribution < 1.29 is 19.0 Å². The number of nitrogens with one attached hydrogen (secondary N) is 1. The number of benzene rings is 1. The Labute approximate surface area is 125 Å². The Morgan fingerprint density at radius 2 is 1.76 bits per heavy atom. The van der Waals surface area contributed by atoms with Crippen molar-refractivity contribution in [3.63, 3.8) is 0 Å². The summed E-state index contributed by atoms with van der Waals surface area (Å²) in [4.78, 5) is 12.1. The SMILES string of the molecule is COCCCCCNC(=O)c1cc(OC)c(OC)cc1N. The molecule has 0 atom stereocenters. The highest BCUT2D eigenvalue weighted by Gasteiger charge is 2.14. The first-order chi connectivity index (χ1) is 10.1. The molecule has 1 aromatic rings. The highest BCUT2D eigenvalue weighted by atomic mass is 16.5. The number of anilines is 1. The largest absolute Gasteiger partial charge is 0.493 e. The molecule has 0 heterocycles. The summed E-state index contributed by atoms with van der Waals surface area (Å²) in [5, 5.41) is 2.85. The summed E-state index contributed by atoms with van der Waals surface area (Å²) in [5.41, 5.74) is 6.64. The van der Waals surface area contributed by atoms with Crippen LogP contribution in [0.1, 0.15) is 29.6 Å². The summed E-state index contributed by atoms with van der Waals surface area (Å²) in [6.07, 6.45) is 2.91. The van der Waals surface area contributed by atoms with Crippen LogP contribution in [0.15, 0.2) is 12.1 Å². The van der Waals surface area contributed by atoms with Crippen molar-refractivity contribution in [2.45, 2.75) is 19.3 Å². The van der Waals surface area contributed by atoms with Crippen molar-refractivity contribution in [2.75, 3.05) is 40.2 Å². The summed E-state index contributed by atoms with van der Waals surface area (Å²) in [6, 6.07) is 3.18. The third-order valence-corrected chi connectivity index (χ3v) is 3.11. The first-order valence-corrected chi connectivity index (χ1v) is 6.92. The molecule has 1 amide bonds. The smallest absolute Gasteiger partial charge is 0.253 e. The maximum absolute atomic E-state index is 12.1. The minimum absolute atomic E-state index is 0.208. The summed E-state index contributed by atoms with van der Waals surface area (Å²) in [7, 11) is 4.73. The molecule has 0 aromatic heterocycles. The Morgan fingerprint density at radius 1 is 1.10 bits per heavy atom. The van der Waals surface area contributed by atoms with E-state index in [1.165, 1.54) is 14.2 Å². The van der Waals surface area contributed by atoms with Crippen LogP contribution in [0.3, 0.4) is 0 Å². The quantitative estimate of drug-likeness (QED) is 0.536. The first-order valence-electron chi connectivity index (χ1n) is 6.92. The topological polar surface area (TPSA) is 82.8 Å². The molecule has 1 aromatic carbocycles. The van der Waals surface area contributed by atoms with Gasteiger partial charge in [0.1, 0.15) is 0 Å². The maximum Gasteiger partial charge on any atom is 0.253 e. The van der Waals surface area contributed by atoms with Gasteiger partial charge < -0.3 is 25.3 Å². The van der Waals surface area contributed by atoms with Gasteiger partial charge in [0.2, 0.25) is 0 Å². The van der Waals surface area contributed by atoms with Crippen LogP contribution in [0.5, 0.6) is 11.5 Å². The highest BCUT2D eigenvalue weighted by molar-refractivity contribution is 6.00. The fourth-order valence-corrected chi connectivity index (χ4v) is 1.94. The van der Waals surface area contributed by atoms with E-state index in [1.54, 1.807) is 19.2 Å². The van der Waals surface area contributed by atoms with E-state index in [1.807, 2.05) is 0 Å². The molecule has 0 aliphatic rings. The van der Waals surface area contributed by atoms with Gasteiger partial charge in [0.15, 0.2) is 11.5 Å². The van der Waals surface area contributed by atoms with E-state index in [0.29, 0.717) is 29.3 Å². The molecule has 118 valence electrons. The number of hydrogen-bond acceptors (Lipinski definition) is 5. The Kier molecular flexibility index (Phi) is 7.39. The van der Waals surface area contributed by atoms with Gasteiger partial charge in [-0.2, -0.15) is 0 Å². The van der Waals surface area contributed by atoms with Crippen molar-refractivity contribution in [3.8, 4) is 11.5 Å². The number of ether oxygens (including phenoxy) is 3. The van der Waals surface area contributed by atoms with Gasteiger partial charge in [-0.25, -0.2) is 0 Å². The number of methoxy groups -OCH3 is 3.